The Morgan fingerprint density at radius 3 is 2.71 bits per heavy atom. The molecule has 21 heavy (non-hydrogen) atoms. The van der Waals surface area contributed by atoms with Crippen molar-refractivity contribution in [2.75, 3.05) is 13.6 Å². The second-order valence-electron chi connectivity index (χ2n) is 6.20. The predicted octanol–water partition coefficient (Wildman–Crippen LogP) is 3.19. The topological polar surface area (TPSA) is 32.3 Å². The van der Waals surface area contributed by atoms with Crippen molar-refractivity contribution in [2.45, 2.75) is 37.8 Å². The van der Waals surface area contributed by atoms with Crippen LogP contribution in [0.3, 0.4) is 0 Å². The number of benzene rings is 1. The lowest BCUT2D eigenvalue weighted by molar-refractivity contribution is 0.0913. The SMILES string of the molecule is CN1C2CCC1CC(CNC(=O)c1cccc(Br)c1F)C2. The van der Waals surface area contributed by atoms with Crippen LogP contribution in [-0.4, -0.2) is 36.5 Å². The number of fused-ring (bicyclic) bond motifs is 2. The highest BCUT2D eigenvalue weighted by molar-refractivity contribution is 9.10. The second kappa shape index (κ2) is 6.05. The van der Waals surface area contributed by atoms with Crippen LogP contribution in [0.2, 0.25) is 0 Å². The molecule has 2 bridgehead atoms. The van der Waals surface area contributed by atoms with E-state index >= 15 is 0 Å². The van der Waals surface area contributed by atoms with Crippen LogP contribution in [0.5, 0.6) is 0 Å². The zero-order chi connectivity index (χ0) is 15.0. The average Bonchev–Trinajstić information content (AvgIpc) is 2.70. The normalized spacial score (nSPS) is 28.6. The van der Waals surface area contributed by atoms with Crippen molar-refractivity contribution in [3.8, 4) is 0 Å². The van der Waals surface area contributed by atoms with E-state index in [2.05, 4.69) is 33.2 Å². The third kappa shape index (κ3) is 2.99. The van der Waals surface area contributed by atoms with Gasteiger partial charge in [0, 0.05) is 18.6 Å². The van der Waals surface area contributed by atoms with E-state index in [1.54, 1.807) is 12.1 Å². The van der Waals surface area contributed by atoms with Gasteiger partial charge >= 0.3 is 0 Å². The van der Waals surface area contributed by atoms with Crippen LogP contribution in [0.4, 0.5) is 4.39 Å². The summed E-state index contributed by atoms with van der Waals surface area (Å²) in [6, 6.07) is 6.12. The number of rotatable bonds is 3. The standard InChI is InChI=1S/C16H20BrFN2O/c1-20-11-5-6-12(20)8-10(7-11)9-19-16(21)13-3-2-4-14(17)15(13)18/h2-4,10-12H,5-9H2,1H3,(H,19,21). The zero-order valence-electron chi connectivity index (χ0n) is 12.1. The summed E-state index contributed by atoms with van der Waals surface area (Å²) in [5, 5.41) is 2.90. The summed E-state index contributed by atoms with van der Waals surface area (Å²) >= 11 is 3.11. The highest BCUT2D eigenvalue weighted by atomic mass is 79.9. The molecule has 3 nitrogen and oxygen atoms in total. The predicted molar refractivity (Wildman–Crippen MR) is 83.7 cm³/mol. The van der Waals surface area contributed by atoms with Crippen molar-refractivity contribution in [1.29, 1.82) is 0 Å². The van der Waals surface area contributed by atoms with Crippen molar-refractivity contribution in [2.24, 2.45) is 5.92 Å². The van der Waals surface area contributed by atoms with Crippen LogP contribution in [0.25, 0.3) is 0 Å². The number of hydrogen-bond donors (Lipinski definition) is 1. The van der Waals surface area contributed by atoms with Gasteiger partial charge in [-0.3, -0.25) is 4.79 Å². The molecule has 0 aliphatic carbocycles. The van der Waals surface area contributed by atoms with Crippen LogP contribution in [0.15, 0.2) is 22.7 Å². The van der Waals surface area contributed by atoms with E-state index in [0.29, 0.717) is 29.0 Å². The Morgan fingerprint density at radius 1 is 1.38 bits per heavy atom. The summed E-state index contributed by atoms with van der Waals surface area (Å²) in [4.78, 5) is 14.6. The van der Waals surface area contributed by atoms with Crippen molar-refractivity contribution >= 4 is 21.8 Å². The van der Waals surface area contributed by atoms with Crippen molar-refractivity contribution in [1.82, 2.24) is 10.2 Å². The summed E-state index contributed by atoms with van der Waals surface area (Å²) in [6.07, 6.45) is 4.81. The highest BCUT2D eigenvalue weighted by Crippen LogP contribution is 2.37. The molecule has 2 heterocycles. The molecule has 3 rings (SSSR count). The Kier molecular flexibility index (Phi) is 4.31. The smallest absolute Gasteiger partial charge is 0.254 e. The highest BCUT2D eigenvalue weighted by Gasteiger charge is 2.38. The average molecular weight is 355 g/mol. The minimum atomic E-state index is -0.488. The quantitative estimate of drug-likeness (QED) is 0.903. The van der Waals surface area contributed by atoms with Crippen molar-refractivity contribution < 1.29 is 9.18 Å². The first-order valence-corrected chi connectivity index (χ1v) is 8.29. The van der Waals surface area contributed by atoms with Gasteiger partial charge in [-0.1, -0.05) is 6.07 Å². The molecule has 5 heteroatoms. The Hall–Kier alpha value is -0.940. The fourth-order valence-corrected chi connectivity index (χ4v) is 4.07. The number of nitrogens with zero attached hydrogens (tertiary/aromatic N) is 1. The molecule has 1 N–H and O–H groups in total. The molecule has 0 saturated carbocycles. The summed E-state index contributed by atoms with van der Waals surface area (Å²) in [7, 11) is 2.20. The van der Waals surface area contributed by atoms with Gasteiger partial charge in [0.2, 0.25) is 0 Å². The number of amides is 1. The van der Waals surface area contributed by atoms with Crippen molar-refractivity contribution in [3.05, 3.63) is 34.1 Å². The lowest BCUT2D eigenvalue weighted by Crippen LogP contribution is -2.43. The minimum Gasteiger partial charge on any atom is -0.352 e. The fraction of sp³-hybridized carbons (Fsp3) is 0.562. The van der Waals surface area contributed by atoms with E-state index in [1.807, 2.05) is 0 Å². The number of carbonyl (C=O) groups excluding carboxylic acids is 1. The molecule has 1 aromatic rings. The van der Waals surface area contributed by atoms with E-state index in [-0.39, 0.29) is 11.5 Å². The second-order valence-corrected chi connectivity index (χ2v) is 7.05. The van der Waals surface area contributed by atoms with Gasteiger partial charge in [0.05, 0.1) is 10.0 Å². The lowest BCUT2D eigenvalue weighted by Gasteiger charge is -2.36. The molecule has 2 unspecified atom stereocenters. The minimum absolute atomic E-state index is 0.111. The molecule has 114 valence electrons. The summed E-state index contributed by atoms with van der Waals surface area (Å²) in [5.41, 5.74) is 0.111. The van der Waals surface area contributed by atoms with E-state index in [1.165, 1.54) is 18.9 Å². The fourth-order valence-electron chi connectivity index (χ4n) is 3.70. The third-order valence-electron chi connectivity index (χ3n) is 4.94. The van der Waals surface area contributed by atoms with Gasteiger partial charge in [-0.2, -0.15) is 0 Å². The molecule has 2 aliphatic heterocycles. The molecule has 1 aromatic carbocycles. The molecular formula is C16H20BrFN2O. The first kappa shape index (κ1) is 15.0. The Bertz CT molecular complexity index is 537. The summed E-state index contributed by atoms with van der Waals surface area (Å²) in [5.74, 6) is -0.295. The molecule has 2 saturated heterocycles. The van der Waals surface area contributed by atoms with E-state index in [4.69, 9.17) is 0 Å². The first-order valence-electron chi connectivity index (χ1n) is 7.50. The van der Waals surface area contributed by atoms with Crippen molar-refractivity contribution in [3.63, 3.8) is 0 Å². The van der Waals surface area contributed by atoms with Crippen LogP contribution < -0.4 is 5.32 Å². The van der Waals surface area contributed by atoms with Crippen LogP contribution in [0, 0.1) is 11.7 Å². The molecule has 0 radical (unpaired) electrons. The van der Waals surface area contributed by atoms with Gasteiger partial charge in [-0.05, 0) is 66.7 Å². The maximum atomic E-state index is 13.9. The van der Waals surface area contributed by atoms with Crippen LogP contribution in [-0.2, 0) is 0 Å². The number of halogens is 2. The summed E-state index contributed by atoms with van der Waals surface area (Å²) < 4.78 is 14.2. The third-order valence-corrected chi connectivity index (χ3v) is 5.56. The van der Waals surface area contributed by atoms with E-state index in [0.717, 1.165) is 12.8 Å². The lowest BCUT2D eigenvalue weighted by atomic mass is 9.91. The van der Waals surface area contributed by atoms with Gasteiger partial charge in [0.1, 0.15) is 5.82 Å². The first-order chi connectivity index (χ1) is 10.1. The van der Waals surface area contributed by atoms with Crippen LogP contribution >= 0.6 is 15.9 Å². The molecule has 2 fully saturated rings. The Labute approximate surface area is 133 Å². The maximum absolute atomic E-state index is 13.9. The van der Waals surface area contributed by atoms with Gasteiger partial charge < -0.3 is 10.2 Å². The number of piperidine rings is 1. The van der Waals surface area contributed by atoms with Gasteiger partial charge in [0.15, 0.2) is 0 Å². The molecule has 2 atom stereocenters. The van der Waals surface area contributed by atoms with E-state index in [9.17, 15) is 9.18 Å². The maximum Gasteiger partial charge on any atom is 0.254 e. The monoisotopic (exact) mass is 354 g/mol. The van der Waals surface area contributed by atoms with Gasteiger partial charge in [-0.15, -0.1) is 0 Å². The zero-order valence-corrected chi connectivity index (χ0v) is 13.7. The number of nitrogens with one attached hydrogen (secondary N) is 1. The number of carbonyl (C=O) groups is 1. The molecule has 2 aliphatic rings. The number of hydrogen-bond acceptors (Lipinski definition) is 2. The largest absolute Gasteiger partial charge is 0.352 e. The summed E-state index contributed by atoms with van der Waals surface area (Å²) in [6.45, 7) is 0.644. The van der Waals surface area contributed by atoms with Gasteiger partial charge in [0.25, 0.3) is 5.91 Å². The molecule has 1 amide bonds. The van der Waals surface area contributed by atoms with E-state index < -0.39 is 5.82 Å². The Morgan fingerprint density at radius 2 is 2.05 bits per heavy atom. The van der Waals surface area contributed by atoms with Gasteiger partial charge in [-0.25, -0.2) is 4.39 Å². The Balaban J connectivity index is 1.58. The van der Waals surface area contributed by atoms with Crippen LogP contribution in [0.1, 0.15) is 36.0 Å². The molecule has 0 aromatic heterocycles. The molecular weight excluding hydrogens is 335 g/mol. The molecule has 0 spiro atoms.